The van der Waals surface area contributed by atoms with Crippen LogP contribution in [0.15, 0.2) is 58.6 Å². The number of hydrogen-bond donors (Lipinski definition) is 1. The van der Waals surface area contributed by atoms with Crippen LogP contribution < -0.4 is 10.6 Å². The Bertz CT molecular complexity index is 1010. The smallest absolute Gasteiger partial charge is 0.282 e. The highest BCUT2D eigenvalue weighted by Crippen LogP contribution is 2.31. The maximum Gasteiger partial charge on any atom is 0.282 e. The lowest BCUT2D eigenvalue weighted by atomic mass is 9.95. The first-order chi connectivity index (χ1) is 14.3. The van der Waals surface area contributed by atoms with Crippen molar-refractivity contribution < 1.29 is 4.74 Å². The molecule has 1 atom stereocenters. The number of fused-ring (bicyclic) bond motifs is 2. The lowest BCUT2D eigenvalue weighted by Gasteiger charge is -2.24. The molecule has 1 saturated heterocycles. The molecule has 0 spiro atoms. The van der Waals surface area contributed by atoms with E-state index in [9.17, 15) is 0 Å². The van der Waals surface area contributed by atoms with Gasteiger partial charge >= 0.3 is 0 Å². The zero-order valence-electron chi connectivity index (χ0n) is 16.8. The van der Waals surface area contributed by atoms with Crippen molar-refractivity contribution in [2.24, 2.45) is 10.7 Å². The van der Waals surface area contributed by atoms with E-state index in [-0.39, 0.29) is 6.04 Å². The standard InChI is InChI=1S/C24H28N4O/c25-24-26-20(16-29-24)12-11-18-14-23(27-22-10-4-3-9-21(18)22)28-13-5-8-17-6-1-2-7-19(17)15-28/h3-4,6-7,9-10,14,20H,1-2,5,8,11-13,15-16H2,(H2,25,26)/t20-/m0/s1. The number of aromatic nitrogens is 1. The van der Waals surface area contributed by atoms with Crippen LogP contribution in [0.4, 0.5) is 5.82 Å². The molecular weight excluding hydrogens is 360 g/mol. The van der Waals surface area contributed by atoms with Crippen LogP contribution >= 0.6 is 0 Å². The molecule has 5 nitrogen and oxygen atoms in total. The van der Waals surface area contributed by atoms with Gasteiger partial charge in [-0.25, -0.2) is 9.98 Å². The van der Waals surface area contributed by atoms with Crippen LogP contribution in [0.25, 0.3) is 10.9 Å². The maximum absolute atomic E-state index is 5.68. The number of anilines is 1. The summed E-state index contributed by atoms with van der Waals surface area (Å²) in [5, 5.41) is 1.24. The van der Waals surface area contributed by atoms with Gasteiger partial charge in [0.1, 0.15) is 12.4 Å². The van der Waals surface area contributed by atoms with Crippen LogP contribution in [-0.4, -0.2) is 36.7 Å². The second kappa shape index (κ2) is 7.90. The number of aliphatic imine (C=N–C) groups is 1. The third-order valence-electron chi connectivity index (χ3n) is 6.19. The molecule has 29 heavy (non-hydrogen) atoms. The maximum atomic E-state index is 5.68. The molecule has 2 aromatic rings. The molecule has 1 aliphatic carbocycles. The van der Waals surface area contributed by atoms with E-state index in [0.717, 1.165) is 43.7 Å². The summed E-state index contributed by atoms with van der Waals surface area (Å²) in [6.07, 6.45) is 11.5. The minimum absolute atomic E-state index is 0.156. The van der Waals surface area contributed by atoms with Gasteiger partial charge in [-0.15, -0.1) is 0 Å². The number of allylic oxidation sites excluding steroid dienone is 2. The van der Waals surface area contributed by atoms with Crippen molar-refractivity contribution in [3.05, 3.63) is 59.2 Å². The summed E-state index contributed by atoms with van der Waals surface area (Å²) >= 11 is 0. The van der Waals surface area contributed by atoms with Crippen LogP contribution in [0.1, 0.15) is 37.7 Å². The molecule has 5 heteroatoms. The topological polar surface area (TPSA) is 63.7 Å². The molecule has 3 heterocycles. The normalized spacial score (nSPS) is 21.7. The number of amidine groups is 1. The Hall–Kier alpha value is -2.82. The molecule has 150 valence electrons. The molecule has 2 N–H and O–H groups in total. The van der Waals surface area contributed by atoms with Crippen LogP contribution in [0.5, 0.6) is 0 Å². The molecular formula is C24H28N4O. The Balaban J connectivity index is 1.44. The minimum Gasteiger partial charge on any atom is -0.463 e. The van der Waals surface area contributed by atoms with Crippen LogP contribution in [0, 0.1) is 0 Å². The number of nitrogens with two attached hydrogens (primary N) is 1. The minimum atomic E-state index is 0.156. The largest absolute Gasteiger partial charge is 0.463 e. The number of nitrogens with zero attached hydrogens (tertiary/aromatic N) is 3. The number of hydrogen-bond acceptors (Lipinski definition) is 5. The highest BCUT2D eigenvalue weighted by molar-refractivity contribution is 5.84. The van der Waals surface area contributed by atoms with Gasteiger partial charge in [-0.2, -0.15) is 0 Å². The summed E-state index contributed by atoms with van der Waals surface area (Å²) in [6.45, 7) is 2.61. The molecule has 0 bridgehead atoms. The van der Waals surface area contributed by atoms with Gasteiger partial charge in [0, 0.05) is 18.5 Å². The van der Waals surface area contributed by atoms with Crippen molar-refractivity contribution in [2.45, 2.75) is 44.6 Å². The Labute approximate surface area is 172 Å². The average molecular weight is 389 g/mol. The number of ether oxygens (including phenoxy) is 1. The molecule has 1 aromatic carbocycles. The predicted molar refractivity (Wildman–Crippen MR) is 118 cm³/mol. The Morgan fingerprint density at radius 2 is 2.00 bits per heavy atom. The molecule has 1 aromatic heterocycles. The summed E-state index contributed by atoms with van der Waals surface area (Å²) in [6, 6.07) is 11.2. The predicted octanol–water partition coefficient (Wildman–Crippen LogP) is 4.13. The third-order valence-corrected chi connectivity index (χ3v) is 6.19. The SMILES string of the molecule is NC1=N[C@@H](CCc2cc(N3CCCC4=CCCC=C4C3)nc3ccccc23)CO1. The van der Waals surface area contributed by atoms with E-state index in [1.807, 2.05) is 0 Å². The number of rotatable bonds is 4. The first-order valence-electron chi connectivity index (χ1n) is 10.7. The monoisotopic (exact) mass is 388 g/mol. The van der Waals surface area contributed by atoms with E-state index in [2.05, 4.69) is 52.4 Å². The van der Waals surface area contributed by atoms with E-state index in [1.54, 1.807) is 5.57 Å². The molecule has 0 radical (unpaired) electrons. The van der Waals surface area contributed by atoms with Gasteiger partial charge in [0.25, 0.3) is 6.02 Å². The fourth-order valence-electron chi connectivity index (χ4n) is 4.65. The highest BCUT2D eigenvalue weighted by atomic mass is 16.5. The van der Waals surface area contributed by atoms with E-state index >= 15 is 0 Å². The number of benzene rings is 1. The van der Waals surface area contributed by atoms with Crippen molar-refractivity contribution >= 4 is 22.7 Å². The number of aryl methyl sites for hydroxylation is 1. The van der Waals surface area contributed by atoms with E-state index in [0.29, 0.717) is 12.6 Å². The second-order valence-electron chi connectivity index (χ2n) is 8.19. The highest BCUT2D eigenvalue weighted by Gasteiger charge is 2.21. The van der Waals surface area contributed by atoms with Gasteiger partial charge in [0.05, 0.1) is 11.6 Å². The zero-order valence-corrected chi connectivity index (χ0v) is 16.8. The summed E-state index contributed by atoms with van der Waals surface area (Å²) in [5.74, 6) is 1.09. The molecule has 0 unspecified atom stereocenters. The van der Waals surface area contributed by atoms with Gasteiger partial charge in [0.2, 0.25) is 0 Å². The summed E-state index contributed by atoms with van der Waals surface area (Å²) < 4.78 is 5.32. The Morgan fingerprint density at radius 3 is 2.86 bits per heavy atom. The van der Waals surface area contributed by atoms with Crippen LogP contribution in [-0.2, 0) is 11.2 Å². The van der Waals surface area contributed by atoms with Crippen molar-refractivity contribution in [2.75, 3.05) is 24.6 Å². The number of para-hydroxylation sites is 1. The zero-order chi connectivity index (χ0) is 19.6. The van der Waals surface area contributed by atoms with Gasteiger partial charge in [-0.3, -0.25) is 0 Å². The summed E-state index contributed by atoms with van der Waals surface area (Å²) in [5.41, 5.74) is 11.1. The Kier molecular flexibility index (Phi) is 4.96. The van der Waals surface area contributed by atoms with Crippen molar-refractivity contribution in [1.29, 1.82) is 0 Å². The second-order valence-corrected chi connectivity index (χ2v) is 8.19. The first-order valence-corrected chi connectivity index (χ1v) is 10.7. The molecule has 3 aliphatic rings. The van der Waals surface area contributed by atoms with E-state index in [4.69, 9.17) is 15.5 Å². The quantitative estimate of drug-likeness (QED) is 0.855. The van der Waals surface area contributed by atoms with Crippen LogP contribution in [0.2, 0.25) is 0 Å². The van der Waals surface area contributed by atoms with Crippen molar-refractivity contribution in [1.82, 2.24) is 4.98 Å². The van der Waals surface area contributed by atoms with Crippen molar-refractivity contribution in [3.8, 4) is 0 Å². The first kappa shape index (κ1) is 18.2. The number of pyridine rings is 1. The lowest BCUT2D eigenvalue weighted by molar-refractivity contribution is 0.308. The van der Waals surface area contributed by atoms with Crippen LogP contribution in [0.3, 0.4) is 0 Å². The molecule has 0 amide bonds. The fraction of sp³-hybridized carbons (Fsp3) is 0.417. The molecule has 1 fully saturated rings. The molecule has 5 rings (SSSR count). The third kappa shape index (κ3) is 3.86. The van der Waals surface area contributed by atoms with Gasteiger partial charge in [-0.05, 0) is 67.4 Å². The van der Waals surface area contributed by atoms with Gasteiger partial charge in [0.15, 0.2) is 0 Å². The lowest BCUT2D eigenvalue weighted by Crippen LogP contribution is -2.26. The van der Waals surface area contributed by atoms with Crippen molar-refractivity contribution in [3.63, 3.8) is 0 Å². The molecule has 2 aliphatic heterocycles. The average Bonchev–Trinajstić information content (AvgIpc) is 3.04. The molecule has 0 saturated carbocycles. The fourth-order valence-corrected chi connectivity index (χ4v) is 4.65. The van der Waals surface area contributed by atoms with Gasteiger partial charge < -0.3 is 15.4 Å². The summed E-state index contributed by atoms with van der Waals surface area (Å²) in [4.78, 5) is 11.9. The summed E-state index contributed by atoms with van der Waals surface area (Å²) in [7, 11) is 0. The van der Waals surface area contributed by atoms with E-state index < -0.39 is 0 Å². The van der Waals surface area contributed by atoms with E-state index in [1.165, 1.54) is 35.8 Å². The Morgan fingerprint density at radius 1 is 1.14 bits per heavy atom. The van der Waals surface area contributed by atoms with Gasteiger partial charge in [-0.1, -0.05) is 30.4 Å².